The van der Waals surface area contributed by atoms with Gasteiger partial charge >= 0.3 is 0 Å². The summed E-state index contributed by atoms with van der Waals surface area (Å²) >= 11 is 0. The first-order chi connectivity index (χ1) is 8.88. The van der Waals surface area contributed by atoms with E-state index in [1.54, 1.807) is 0 Å². The van der Waals surface area contributed by atoms with E-state index >= 15 is 0 Å². The van der Waals surface area contributed by atoms with Crippen molar-refractivity contribution in [2.24, 2.45) is 0 Å². The highest BCUT2D eigenvalue weighted by atomic mass is 16.5. The Morgan fingerprint density at radius 2 is 1.89 bits per heavy atom. The van der Waals surface area contributed by atoms with Crippen molar-refractivity contribution in [1.82, 2.24) is 4.90 Å². The van der Waals surface area contributed by atoms with Gasteiger partial charge in [-0.25, -0.2) is 0 Å². The third-order valence-electron chi connectivity index (χ3n) is 3.60. The number of benzene rings is 1. The first-order valence-corrected chi connectivity index (χ1v) is 6.48. The van der Waals surface area contributed by atoms with Gasteiger partial charge in [-0.2, -0.15) is 5.26 Å². The van der Waals surface area contributed by atoms with E-state index in [0.29, 0.717) is 6.42 Å². The molecule has 1 unspecified atom stereocenters. The number of nitriles is 1. The summed E-state index contributed by atoms with van der Waals surface area (Å²) < 4.78 is 6.02. The molecule has 1 saturated heterocycles. The molecule has 1 aromatic carbocycles. The van der Waals surface area contributed by atoms with Crippen molar-refractivity contribution in [3.05, 3.63) is 47.4 Å². The van der Waals surface area contributed by atoms with Crippen molar-refractivity contribution >= 4 is 0 Å². The molecule has 1 aromatic rings. The standard InChI is InChI=1S/C15H16N2O/c16-11-13-10-14(12-6-2-1-3-7-12)18-15(13)17-8-4-5-9-17/h1-3,6-7,14H,4-5,8-10H2. The molecule has 0 aliphatic carbocycles. The highest BCUT2D eigenvalue weighted by molar-refractivity contribution is 5.32. The summed E-state index contributed by atoms with van der Waals surface area (Å²) in [7, 11) is 0. The zero-order valence-electron chi connectivity index (χ0n) is 10.3. The van der Waals surface area contributed by atoms with Crippen molar-refractivity contribution in [2.45, 2.75) is 25.4 Å². The molecule has 92 valence electrons. The molecule has 2 aliphatic rings. The largest absolute Gasteiger partial charge is 0.470 e. The van der Waals surface area contributed by atoms with Gasteiger partial charge < -0.3 is 9.64 Å². The van der Waals surface area contributed by atoms with Crippen molar-refractivity contribution in [3.8, 4) is 6.07 Å². The summed E-state index contributed by atoms with van der Waals surface area (Å²) in [5.41, 5.74) is 1.95. The van der Waals surface area contributed by atoms with Gasteiger partial charge in [0.25, 0.3) is 0 Å². The van der Waals surface area contributed by atoms with Gasteiger partial charge in [-0.15, -0.1) is 0 Å². The molecule has 0 radical (unpaired) electrons. The minimum Gasteiger partial charge on any atom is -0.470 e. The molecule has 0 amide bonds. The maximum absolute atomic E-state index is 9.25. The van der Waals surface area contributed by atoms with Crippen LogP contribution in [0, 0.1) is 11.3 Å². The van der Waals surface area contributed by atoms with Crippen molar-refractivity contribution in [3.63, 3.8) is 0 Å². The SMILES string of the molecule is N#CC1=C(N2CCCC2)OC(c2ccccc2)C1. The third kappa shape index (κ3) is 1.95. The lowest BCUT2D eigenvalue weighted by Crippen LogP contribution is -2.20. The Morgan fingerprint density at radius 1 is 1.17 bits per heavy atom. The van der Waals surface area contributed by atoms with Gasteiger partial charge in [0.1, 0.15) is 12.2 Å². The van der Waals surface area contributed by atoms with Crippen LogP contribution in [-0.4, -0.2) is 18.0 Å². The number of hydrogen-bond donors (Lipinski definition) is 0. The van der Waals surface area contributed by atoms with E-state index in [1.807, 2.05) is 18.2 Å². The van der Waals surface area contributed by atoms with E-state index in [4.69, 9.17) is 4.74 Å². The average Bonchev–Trinajstić information content (AvgIpc) is 3.08. The number of rotatable bonds is 2. The Balaban J connectivity index is 1.81. The smallest absolute Gasteiger partial charge is 0.204 e. The van der Waals surface area contributed by atoms with Gasteiger partial charge in [-0.1, -0.05) is 30.3 Å². The van der Waals surface area contributed by atoms with Gasteiger partial charge in [-0.05, 0) is 18.4 Å². The normalized spacial score (nSPS) is 23.1. The summed E-state index contributed by atoms with van der Waals surface area (Å²) in [5.74, 6) is 0.823. The Hall–Kier alpha value is -1.95. The summed E-state index contributed by atoms with van der Waals surface area (Å²) in [4.78, 5) is 2.21. The predicted molar refractivity (Wildman–Crippen MR) is 68.3 cm³/mol. The van der Waals surface area contributed by atoms with Crippen molar-refractivity contribution in [2.75, 3.05) is 13.1 Å². The van der Waals surface area contributed by atoms with E-state index in [0.717, 1.165) is 30.1 Å². The quantitative estimate of drug-likeness (QED) is 0.797. The monoisotopic (exact) mass is 240 g/mol. The van der Waals surface area contributed by atoms with E-state index < -0.39 is 0 Å². The van der Waals surface area contributed by atoms with Crippen LogP contribution in [0.2, 0.25) is 0 Å². The fourth-order valence-corrected chi connectivity index (χ4v) is 2.65. The molecule has 18 heavy (non-hydrogen) atoms. The Bertz CT molecular complexity index is 495. The lowest BCUT2D eigenvalue weighted by molar-refractivity contribution is 0.0845. The van der Waals surface area contributed by atoms with Crippen LogP contribution in [0.1, 0.15) is 30.9 Å². The number of hydrogen-bond acceptors (Lipinski definition) is 3. The summed E-state index contributed by atoms with van der Waals surface area (Å²) in [6.45, 7) is 2.03. The molecule has 1 fully saturated rings. The first kappa shape index (κ1) is 11.2. The highest BCUT2D eigenvalue weighted by Gasteiger charge is 2.31. The molecule has 3 nitrogen and oxygen atoms in total. The molecule has 0 spiro atoms. The van der Waals surface area contributed by atoms with Crippen molar-refractivity contribution in [1.29, 1.82) is 5.26 Å². The lowest BCUT2D eigenvalue weighted by Gasteiger charge is -2.21. The number of nitrogens with zero attached hydrogens (tertiary/aromatic N) is 2. The van der Waals surface area contributed by atoms with Crippen LogP contribution < -0.4 is 0 Å². The van der Waals surface area contributed by atoms with Gasteiger partial charge in [-0.3, -0.25) is 0 Å². The fourth-order valence-electron chi connectivity index (χ4n) is 2.65. The molecule has 0 saturated carbocycles. The Labute approximate surface area is 107 Å². The maximum Gasteiger partial charge on any atom is 0.204 e. The zero-order chi connectivity index (χ0) is 12.4. The second-order valence-electron chi connectivity index (χ2n) is 4.81. The minimum absolute atomic E-state index is 0.0106. The van der Waals surface area contributed by atoms with E-state index in [1.165, 1.54) is 12.8 Å². The van der Waals surface area contributed by atoms with E-state index in [-0.39, 0.29) is 6.10 Å². The van der Waals surface area contributed by atoms with Crippen LogP contribution in [-0.2, 0) is 4.74 Å². The van der Waals surface area contributed by atoms with Crippen LogP contribution in [0.3, 0.4) is 0 Å². The maximum atomic E-state index is 9.25. The molecule has 1 atom stereocenters. The molecule has 2 heterocycles. The van der Waals surface area contributed by atoms with Gasteiger partial charge in [0.2, 0.25) is 5.88 Å². The Kier molecular flexibility index (Phi) is 2.93. The molecular formula is C15H16N2O. The van der Waals surface area contributed by atoms with Crippen LogP contribution in [0.4, 0.5) is 0 Å². The van der Waals surface area contributed by atoms with Gasteiger partial charge in [0.15, 0.2) is 0 Å². The molecule has 3 heteroatoms. The molecule has 3 rings (SSSR count). The molecular weight excluding hydrogens is 224 g/mol. The van der Waals surface area contributed by atoms with Crippen LogP contribution >= 0.6 is 0 Å². The van der Waals surface area contributed by atoms with E-state index in [9.17, 15) is 5.26 Å². The molecule has 2 aliphatic heterocycles. The zero-order valence-corrected chi connectivity index (χ0v) is 10.3. The van der Waals surface area contributed by atoms with E-state index in [2.05, 4.69) is 23.1 Å². The second kappa shape index (κ2) is 4.73. The predicted octanol–water partition coefficient (Wildman–Crippen LogP) is 2.98. The van der Waals surface area contributed by atoms with Crippen LogP contribution in [0.5, 0.6) is 0 Å². The lowest BCUT2D eigenvalue weighted by atomic mass is 10.0. The highest BCUT2D eigenvalue weighted by Crippen LogP contribution is 2.37. The summed E-state index contributed by atoms with van der Waals surface area (Å²) in [6.07, 6.45) is 3.10. The van der Waals surface area contributed by atoms with Crippen LogP contribution in [0.25, 0.3) is 0 Å². The summed E-state index contributed by atoms with van der Waals surface area (Å²) in [6, 6.07) is 12.5. The average molecular weight is 240 g/mol. The molecule has 0 bridgehead atoms. The fraction of sp³-hybridized carbons (Fsp3) is 0.400. The van der Waals surface area contributed by atoms with Crippen molar-refractivity contribution < 1.29 is 4.74 Å². The van der Waals surface area contributed by atoms with Gasteiger partial charge in [0.05, 0.1) is 5.57 Å². The van der Waals surface area contributed by atoms with Crippen LogP contribution in [0.15, 0.2) is 41.8 Å². The first-order valence-electron chi connectivity index (χ1n) is 6.48. The second-order valence-corrected chi connectivity index (χ2v) is 4.81. The third-order valence-corrected chi connectivity index (χ3v) is 3.60. The summed E-state index contributed by atoms with van der Waals surface area (Å²) in [5, 5.41) is 9.25. The molecule has 0 aromatic heterocycles. The molecule has 0 N–H and O–H groups in total. The van der Waals surface area contributed by atoms with Gasteiger partial charge in [0, 0.05) is 19.5 Å². The Morgan fingerprint density at radius 3 is 2.56 bits per heavy atom. The number of ether oxygens (including phenoxy) is 1. The number of likely N-dealkylation sites (tertiary alicyclic amines) is 1. The minimum atomic E-state index is 0.0106. The topological polar surface area (TPSA) is 36.3 Å².